The number of carbonyl (C=O) groups is 2. The van der Waals surface area contributed by atoms with Crippen LogP contribution >= 0.6 is 0 Å². The predicted octanol–water partition coefficient (Wildman–Crippen LogP) is 0.116. The van der Waals surface area contributed by atoms with Gasteiger partial charge in [-0.1, -0.05) is 5.21 Å². The molecule has 0 bridgehead atoms. The van der Waals surface area contributed by atoms with Crippen molar-refractivity contribution in [3.05, 3.63) is 28.0 Å². The van der Waals surface area contributed by atoms with Crippen molar-refractivity contribution in [3.63, 3.8) is 0 Å². The van der Waals surface area contributed by atoms with Crippen LogP contribution in [0.5, 0.6) is 0 Å². The smallest absolute Gasteiger partial charge is 0.340 e. The highest BCUT2D eigenvalue weighted by molar-refractivity contribution is 6.02. The highest BCUT2D eigenvalue weighted by Crippen LogP contribution is 2.21. The number of amides is 1. The molecule has 1 aromatic heterocycles. The van der Waals surface area contributed by atoms with Crippen LogP contribution in [0, 0.1) is 0 Å². The third kappa shape index (κ3) is 2.71. The zero-order chi connectivity index (χ0) is 15.4. The molecule has 0 atom stereocenters. The third-order valence-electron chi connectivity index (χ3n) is 2.78. The Morgan fingerprint density at radius 2 is 2.29 bits per heavy atom. The van der Waals surface area contributed by atoms with E-state index < -0.39 is 18.2 Å². The van der Waals surface area contributed by atoms with Gasteiger partial charge in [-0.3, -0.25) is 9.59 Å². The first-order chi connectivity index (χ1) is 10.1. The standard InChI is InChI=1S/C12H11FN4O4/c1-21-12(20)8-5-10-7(4-9(8)14-6-18)11(19)17(3-2-13)16-15-10/h4-6H,2-3H2,1H3,(H,14,18). The van der Waals surface area contributed by atoms with Crippen molar-refractivity contribution in [3.8, 4) is 0 Å². The number of fused-ring (bicyclic) bond motifs is 1. The van der Waals surface area contributed by atoms with E-state index in [1.807, 2.05) is 0 Å². The number of nitrogens with one attached hydrogen (secondary N) is 1. The van der Waals surface area contributed by atoms with Crippen molar-refractivity contribution >= 4 is 29.0 Å². The average molecular weight is 294 g/mol. The molecule has 9 heteroatoms. The molecule has 0 radical (unpaired) electrons. The molecule has 8 nitrogen and oxygen atoms in total. The second-order valence-electron chi connectivity index (χ2n) is 3.98. The number of hydrogen-bond donors (Lipinski definition) is 1. The lowest BCUT2D eigenvalue weighted by Crippen LogP contribution is -2.25. The highest BCUT2D eigenvalue weighted by atomic mass is 19.1. The van der Waals surface area contributed by atoms with Gasteiger partial charge in [0, 0.05) is 0 Å². The Hall–Kier alpha value is -2.84. The molecular formula is C12H11FN4O4. The fourth-order valence-corrected chi connectivity index (χ4v) is 1.81. The molecule has 0 aliphatic carbocycles. The van der Waals surface area contributed by atoms with Crippen molar-refractivity contribution in [2.75, 3.05) is 19.1 Å². The van der Waals surface area contributed by atoms with E-state index in [1.165, 1.54) is 19.2 Å². The van der Waals surface area contributed by atoms with Gasteiger partial charge in [0.1, 0.15) is 12.2 Å². The van der Waals surface area contributed by atoms with Crippen LogP contribution in [0.3, 0.4) is 0 Å². The van der Waals surface area contributed by atoms with Crippen molar-refractivity contribution in [1.29, 1.82) is 0 Å². The molecule has 110 valence electrons. The first-order valence-electron chi connectivity index (χ1n) is 5.88. The lowest BCUT2D eigenvalue weighted by atomic mass is 10.1. The fourth-order valence-electron chi connectivity index (χ4n) is 1.81. The number of nitrogens with zero attached hydrogens (tertiary/aromatic N) is 3. The van der Waals surface area contributed by atoms with E-state index in [0.29, 0.717) is 6.41 Å². The number of aryl methyl sites for hydroxylation is 1. The zero-order valence-corrected chi connectivity index (χ0v) is 11.0. The lowest BCUT2D eigenvalue weighted by molar-refractivity contribution is -0.105. The number of rotatable bonds is 5. The SMILES string of the molecule is COC(=O)c1cc2nnn(CCF)c(=O)c2cc1NC=O. The molecule has 1 heterocycles. The molecule has 0 spiro atoms. The summed E-state index contributed by atoms with van der Waals surface area (Å²) >= 11 is 0. The largest absolute Gasteiger partial charge is 0.465 e. The molecule has 0 unspecified atom stereocenters. The number of anilines is 1. The fraction of sp³-hybridized carbons (Fsp3) is 0.250. The van der Waals surface area contributed by atoms with Crippen molar-refractivity contribution < 1.29 is 18.7 Å². The first-order valence-corrected chi connectivity index (χ1v) is 5.88. The van der Waals surface area contributed by atoms with Crippen LogP contribution in [-0.4, -0.2) is 41.2 Å². The van der Waals surface area contributed by atoms with Crippen LogP contribution in [0.4, 0.5) is 10.1 Å². The second kappa shape index (κ2) is 6.07. The number of esters is 1. The molecule has 21 heavy (non-hydrogen) atoms. The van der Waals surface area contributed by atoms with Gasteiger partial charge in [-0.15, -0.1) is 5.10 Å². The minimum absolute atomic E-state index is 0.0361. The number of carbonyl (C=O) groups excluding carboxylic acids is 2. The summed E-state index contributed by atoms with van der Waals surface area (Å²) in [5.74, 6) is -0.698. The minimum Gasteiger partial charge on any atom is -0.465 e. The number of alkyl halides is 1. The van der Waals surface area contributed by atoms with Crippen molar-refractivity contribution in [2.24, 2.45) is 0 Å². The summed E-state index contributed by atoms with van der Waals surface area (Å²) < 4.78 is 17.8. The molecule has 1 aromatic carbocycles. The summed E-state index contributed by atoms with van der Waals surface area (Å²) in [6.45, 7) is -0.989. The van der Waals surface area contributed by atoms with E-state index >= 15 is 0 Å². The summed E-state index contributed by atoms with van der Waals surface area (Å²) in [6, 6.07) is 2.56. The van der Waals surface area contributed by atoms with Crippen LogP contribution in [0.15, 0.2) is 16.9 Å². The maximum Gasteiger partial charge on any atom is 0.340 e. The molecule has 0 aliphatic heterocycles. The Bertz CT molecular complexity index is 759. The van der Waals surface area contributed by atoms with Crippen molar-refractivity contribution in [1.82, 2.24) is 15.0 Å². The Morgan fingerprint density at radius 3 is 2.90 bits per heavy atom. The van der Waals surface area contributed by atoms with Crippen LogP contribution < -0.4 is 10.9 Å². The number of hydrogen-bond acceptors (Lipinski definition) is 6. The quantitative estimate of drug-likeness (QED) is 0.620. The zero-order valence-electron chi connectivity index (χ0n) is 11.0. The van der Waals surface area contributed by atoms with Gasteiger partial charge < -0.3 is 10.1 Å². The molecular weight excluding hydrogens is 283 g/mol. The van der Waals surface area contributed by atoms with Gasteiger partial charge in [0.05, 0.1) is 30.3 Å². The number of methoxy groups -OCH3 is 1. The van der Waals surface area contributed by atoms with E-state index in [2.05, 4.69) is 20.4 Å². The topological polar surface area (TPSA) is 103 Å². The van der Waals surface area contributed by atoms with Crippen LogP contribution in [0.1, 0.15) is 10.4 Å². The summed E-state index contributed by atoms with van der Waals surface area (Å²) in [4.78, 5) is 34.3. The Balaban J connectivity index is 2.71. The Labute approximate surface area is 117 Å². The lowest BCUT2D eigenvalue weighted by Gasteiger charge is -2.09. The number of halogens is 1. The van der Waals surface area contributed by atoms with E-state index in [9.17, 15) is 18.8 Å². The van der Waals surface area contributed by atoms with E-state index in [4.69, 9.17) is 0 Å². The molecule has 0 saturated heterocycles. The molecule has 0 saturated carbocycles. The van der Waals surface area contributed by atoms with Gasteiger partial charge in [-0.25, -0.2) is 13.9 Å². The molecule has 1 N–H and O–H groups in total. The van der Waals surface area contributed by atoms with Crippen molar-refractivity contribution in [2.45, 2.75) is 6.54 Å². The van der Waals surface area contributed by atoms with E-state index in [-0.39, 0.29) is 28.7 Å². The van der Waals surface area contributed by atoms with E-state index in [1.54, 1.807) is 0 Å². The van der Waals surface area contributed by atoms with Gasteiger partial charge in [0.2, 0.25) is 6.41 Å². The Kier molecular flexibility index (Phi) is 4.21. The van der Waals surface area contributed by atoms with Gasteiger partial charge >= 0.3 is 5.97 Å². The normalized spacial score (nSPS) is 10.4. The molecule has 1 amide bonds. The second-order valence-corrected chi connectivity index (χ2v) is 3.98. The number of ether oxygens (including phenoxy) is 1. The van der Waals surface area contributed by atoms with Gasteiger partial charge in [-0.05, 0) is 12.1 Å². The monoisotopic (exact) mass is 294 g/mol. The predicted molar refractivity (Wildman–Crippen MR) is 70.8 cm³/mol. The molecule has 2 rings (SSSR count). The molecule has 0 aliphatic rings. The third-order valence-corrected chi connectivity index (χ3v) is 2.78. The summed E-state index contributed by atoms with van der Waals surface area (Å²) in [7, 11) is 1.18. The first kappa shape index (κ1) is 14.6. The van der Waals surface area contributed by atoms with Gasteiger partial charge in [-0.2, -0.15) is 0 Å². The van der Waals surface area contributed by atoms with Gasteiger partial charge in [0.25, 0.3) is 5.56 Å². The minimum atomic E-state index is -0.764. The van der Waals surface area contributed by atoms with Gasteiger partial charge in [0.15, 0.2) is 0 Å². The maximum absolute atomic E-state index is 12.3. The Morgan fingerprint density at radius 1 is 1.52 bits per heavy atom. The number of benzene rings is 1. The molecule has 0 fully saturated rings. The maximum atomic E-state index is 12.3. The summed E-state index contributed by atoms with van der Waals surface area (Å²) in [6.07, 6.45) is 0.363. The van der Waals surface area contributed by atoms with Crippen LogP contribution in [0.2, 0.25) is 0 Å². The average Bonchev–Trinajstić information content (AvgIpc) is 2.50. The highest BCUT2D eigenvalue weighted by Gasteiger charge is 2.16. The van der Waals surface area contributed by atoms with Crippen LogP contribution in [0.25, 0.3) is 10.9 Å². The molecule has 2 aromatic rings. The number of aromatic nitrogens is 3. The van der Waals surface area contributed by atoms with E-state index in [0.717, 1.165) is 4.68 Å². The van der Waals surface area contributed by atoms with Crippen LogP contribution in [-0.2, 0) is 16.1 Å². The summed E-state index contributed by atoms with van der Waals surface area (Å²) in [5.41, 5.74) is -0.287. The summed E-state index contributed by atoms with van der Waals surface area (Å²) in [5, 5.41) is 9.75.